The van der Waals surface area contributed by atoms with Crippen LogP contribution < -0.4 is 5.32 Å². The fourth-order valence-electron chi connectivity index (χ4n) is 3.54. The molecule has 1 amide bonds. The van der Waals surface area contributed by atoms with Gasteiger partial charge in [-0.3, -0.25) is 4.79 Å². The molecule has 0 aliphatic carbocycles. The Morgan fingerprint density at radius 3 is 2.53 bits per heavy atom. The van der Waals surface area contributed by atoms with Crippen LogP contribution in [0.2, 0.25) is 0 Å². The van der Waals surface area contributed by atoms with E-state index in [9.17, 15) is 20.1 Å². The maximum atomic E-state index is 12.3. The molecule has 0 aliphatic rings. The van der Waals surface area contributed by atoms with Crippen LogP contribution >= 0.6 is 0 Å². The zero-order valence-corrected chi connectivity index (χ0v) is 17.7. The van der Waals surface area contributed by atoms with Crippen LogP contribution in [0.1, 0.15) is 35.6 Å². The number of carbonyl (C=O) groups excluding carboxylic acids is 1. The highest BCUT2D eigenvalue weighted by Crippen LogP contribution is 2.15. The average molecular weight is 431 g/mol. The minimum absolute atomic E-state index is 0.217. The fraction of sp³-hybridized carbons (Fsp3) is 0.304. The maximum Gasteiger partial charge on any atom is 0.475 e. The smallest absolute Gasteiger partial charge is 0.426 e. The number of nitrogens with one attached hydrogen (secondary N) is 1. The molecule has 32 heavy (non-hydrogen) atoms. The minimum atomic E-state index is -1.63. The highest BCUT2D eigenvalue weighted by molar-refractivity contribution is 6.43. The van der Waals surface area contributed by atoms with E-state index in [0.29, 0.717) is 25.7 Å². The normalized spacial score (nSPS) is 12.5. The van der Waals surface area contributed by atoms with Gasteiger partial charge in [0.15, 0.2) is 0 Å². The summed E-state index contributed by atoms with van der Waals surface area (Å²) in [7, 11) is -1.63. The van der Waals surface area contributed by atoms with Gasteiger partial charge in [0.2, 0.25) is 5.91 Å². The van der Waals surface area contributed by atoms with Crippen LogP contribution in [0.5, 0.6) is 0 Å². The molecule has 2 aromatic carbocycles. The molecule has 0 radical (unpaired) electrons. The molecule has 8 nitrogen and oxygen atoms in total. The van der Waals surface area contributed by atoms with E-state index >= 15 is 0 Å². The van der Waals surface area contributed by atoms with Crippen molar-refractivity contribution in [3.05, 3.63) is 83.9 Å². The van der Waals surface area contributed by atoms with Gasteiger partial charge in [0.1, 0.15) is 18.7 Å². The summed E-state index contributed by atoms with van der Waals surface area (Å²) < 4.78 is 1.54. The first kappa shape index (κ1) is 23.2. The summed E-state index contributed by atoms with van der Waals surface area (Å²) in [6.07, 6.45) is 5.41. The SMILES string of the molecule is N#CC(Cc1cccc(CCCC(=O)N[C@@H](Cc2ccccc2)B(O)O)c1)n1cncn1. The molecule has 0 saturated heterocycles. The second-order valence-corrected chi connectivity index (χ2v) is 7.68. The lowest BCUT2D eigenvalue weighted by Crippen LogP contribution is -2.47. The van der Waals surface area contributed by atoms with Crippen LogP contribution in [-0.4, -0.2) is 43.8 Å². The second kappa shape index (κ2) is 11.8. The molecule has 9 heteroatoms. The number of amides is 1. The fourth-order valence-corrected chi connectivity index (χ4v) is 3.54. The molecule has 1 unspecified atom stereocenters. The van der Waals surface area contributed by atoms with E-state index in [-0.39, 0.29) is 12.3 Å². The summed E-state index contributed by atoms with van der Waals surface area (Å²) in [5, 5.41) is 35.4. The number of hydrogen-bond donors (Lipinski definition) is 3. The first-order chi connectivity index (χ1) is 15.5. The number of rotatable bonds is 11. The van der Waals surface area contributed by atoms with Crippen molar-refractivity contribution in [2.75, 3.05) is 0 Å². The Hall–Kier alpha value is -3.48. The van der Waals surface area contributed by atoms with Gasteiger partial charge in [0.05, 0.1) is 12.0 Å². The number of carbonyl (C=O) groups is 1. The Kier molecular flexibility index (Phi) is 8.55. The largest absolute Gasteiger partial charge is 0.475 e. The molecular weight excluding hydrogens is 405 g/mol. The van der Waals surface area contributed by atoms with Crippen molar-refractivity contribution >= 4 is 13.0 Å². The van der Waals surface area contributed by atoms with Gasteiger partial charge < -0.3 is 15.4 Å². The summed E-state index contributed by atoms with van der Waals surface area (Å²) in [5.74, 6) is -0.973. The van der Waals surface area contributed by atoms with E-state index in [1.54, 1.807) is 4.68 Å². The van der Waals surface area contributed by atoms with Crippen molar-refractivity contribution in [2.45, 2.75) is 44.1 Å². The van der Waals surface area contributed by atoms with Crippen LogP contribution in [0.3, 0.4) is 0 Å². The molecule has 1 aromatic heterocycles. The quantitative estimate of drug-likeness (QED) is 0.397. The third-order valence-corrected chi connectivity index (χ3v) is 5.20. The molecule has 0 fully saturated rings. The molecule has 3 N–H and O–H groups in total. The van der Waals surface area contributed by atoms with E-state index in [4.69, 9.17) is 0 Å². The summed E-state index contributed by atoms with van der Waals surface area (Å²) in [5.41, 5.74) is 3.01. The number of aryl methyl sites for hydroxylation is 1. The third-order valence-electron chi connectivity index (χ3n) is 5.20. The summed E-state index contributed by atoms with van der Waals surface area (Å²) >= 11 is 0. The summed E-state index contributed by atoms with van der Waals surface area (Å²) in [4.78, 5) is 16.2. The predicted molar refractivity (Wildman–Crippen MR) is 120 cm³/mol. The van der Waals surface area contributed by atoms with Crippen LogP contribution in [-0.2, 0) is 24.1 Å². The van der Waals surface area contributed by atoms with Crippen molar-refractivity contribution in [3.63, 3.8) is 0 Å². The Balaban J connectivity index is 1.48. The number of nitrogens with zero attached hydrogens (tertiary/aromatic N) is 4. The topological polar surface area (TPSA) is 124 Å². The summed E-state index contributed by atoms with van der Waals surface area (Å²) in [6.45, 7) is 0. The van der Waals surface area contributed by atoms with Crippen LogP contribution in [0.25, 0.3) is 0 Å². The number of nitriles is 1. The maximum absolute atomic E-state index is 12.3. The second-order valence-electron chi connectivity index (χ2n) is 7.68. The van der Waals surface area contributed by atoms with Gasteiger partial charge >= 0.3 is 7.12 Å². The molecule has 0 spiro atoms. The molecule has 0 aliphatic heterocycles. The lowest BCUT2D eigenvalue weighted by atomic mass is 9.76. The van der Waals surface area contributed by atoms with Gasteiger partial charge in [-0.15, -0.1) is 0 Å². The van der Waals surface area contributed by atoms with Crippen molar-refractivity contribution in [2.24, 2.45) is 0 Å². The first-order valence-corrected chi connectivity index (χ1v) is 10.6. The lowest BCUT2D eigenvalue weighted by Gasteiger charge is -2.18. The van der Waals surface area contributed by atoms with Crippen molar-refractivity contribution in [3.8, 4) is 6.07 Å². The van der Waals surface area contributed by atoms with E-state index in [0.717, 1.165) is 16.7 Å². The Bertz CT molecular complexity index is 1020. The zero-order valence-electron chi connectivity index (χ0n) is 17.7. The van der Waals surface area contributed by atoms with Gasteiger partial charge in [-0.2, -0.15) is 10.4 Å². The van der Waals surface area contributed by atoms with E-state index in [2.05, 4.69) is 21.5 Å². The lowest BCUT2D eigenvalue weighted by molar-refractivity contribution is -0.121. The highest BCUT2D eigenvalue weighted by Gasteiger charge is 2.25. The van der Waals surface area contributed by atoms with Crippen LogP contribution in [0.15, 0.2) is 67.3 Å². The van der Waals surface area contributed by atoms with E-state index in [1.807, 2.05) is 54.6 Å². The number of benzene rings is 2. The Labute approximate surface area is 187 Å². The molecule has 164 valence electrons. The first-order valence-electron chi connectivity index (χ1n) is 10.6. The monoisotopic (exact) mass is 431 g/mol. The third kappa shape index (κ3) is 7.05. The van der Waals surface area contributed by atoms with Crippen molar-refractivity contribution in [1.29, 1.82) is 5.26 Å². The average Bonchev–Trinajstić information content (AvgIpc) is 3.33. The van der Waals surface area contributed by atoms with Crippen molar-refractivity contribution < 1.29 is 14.8 Å². The molecule has 1 heterocycles. The van der Waals surface area contributed by atoms with Crippen LogP contribution in [0, 0.1) is 11.3 Å². The molecule has 3 rings (SSSR count). The molecule has 3 aromatic rings. The summed E-state index contributed by atoms with van der Waals surface area (Å²) in [6, 6.07) is 19.2. The predicted octanol–water partition coefficient (Wildman–Crippen LogP) is 1.65. The molecule has 0 saturated carbocycles. The minimum Gasteiger partial charge on any atom is -0.426 e. The standard InChI is InChI=1S/C23H26BN5O3/c25-15-21(29-17-26-16-27-29)13-20-10-4-8-18(12-20)9-5-11-23(30)28-22(24(31)32)14-19-6-2-1-3-7-19/h1-4,6-8,10,12,16-17,21-22,31-32H,5,9,11,13-14H2,(H,28,30)/t21?,22-/m0/s1. The molecular formula is C23H26BN5O3. The molecule has 0 bridgehead atoms. The Morgan fingerprint density at radius 2 is 1.84 bits per heavy atom. The van der Waals surface area contributed by atoms with E-state index < -0.39 is 19.1 Å². The van der Waals surface area contributed by atoms with Gasteiger partial charge in [-0.25, -0.2) is 9.67 Å². The van der Waals surface area contributed by atoms with Gasteiger partial charge in [0.25, 0.3) is 0 Å². The van der Waals surface area contributed by atoms with E-state index in [1.165, 1.54) is 12.7 Å². The Morgan fingerprint density at radius 1 is 1.09 bits per heavy atom. The van der Waals surface area contributed by atoms with Gasteiger partial charge in [0, 0.05) is 12.8 Å². The van der Waals surface area contributed by atoms with Gasteiger partial charge in [-0.05, 0) is 36.0 Å². The van der Waals surface area contributed by atoms with Crippen molar-refractivity contribution in [1.82, 2.24) is 20.1 Å². The highest BCUT2D eigenvalue weighted by atomic mass is 16.4. The van der Waals surface area contributed by atoms with Gasteiger partial charge in [-0.1, -0.05) is 54.6 Å². The zero-order chi connectivity index (χ0) is 22.8. The molecule has 2 atom stereocenters. The number of aromatic nitrogens is 3. The van der Waals surface area contributed by atoms with Crippen LogP contribution in [0.4, 0.5) is 0 Å². The number of hydrogen-bond acceptors (Lipinski definition) is 6.